The van der Waals surface area contributed by atoms with Gasteiger partial charge in [0.2, 0.25) is 0 Å². The molecule has 0 aliphatic carbocycles. The number of anilines is 2. The Morgan fingerprint density at radius 1 is 1.47 bits per heavy atom. The van der Waals surface area contributed by atoms with Gasteiger partial charge in [0.15, 0.2) is 0 Å². The molecule has 0 saturated carbocycles. The molecule has 0 spiro atoms. The van der Waals surface area contributed by atoms with Gasteiger partial charge in [0.1, 0.15) is 17.5 Å². The summed E-state index contributed by atoms with van der Waals surface area (Å²) in [5.41, 5.74) is 3.67. The zero-order valence-electron chi connectivity index (χ0n) is 11.9. The predicted octanol–water partition coefficient (Wildman–Crippen LogP) is 1.25. The summed E-state index contributed by atoms with van der Waals surface area (Å²) in [4.78, 5) is 11.4. The summed E-state index contributed by atoms with van der Waals surface area (Å²) in [6.07, 6.45) is 3.21. The Morgan fingerprint density at radius 3 is 2.84 bits per heavy atom. The van der Waals surface area contributed by atoms with Gasteiger partial charge >= 0.3 is 0 Å². The fourth-order valence-electron chi connectivity index (χ4n) is 2.45. The standard InChI is InChI=1S/C13H23N5O/c1-4-5-11-15-12(17-14)9(2)13(16-11)18-7-6-10(8-18)19-3/h10H,4-8,14H2,1-3H3,(H,15,16,17). The number of rotatable bonds is 5. The van der Waals surface area contributed by atoms with Crippen LogP contribution in [0.25, 0.3) is 0 Å². The summed E-state index contributed by atoms with van der Waals surface area (Å²) < 4.78 is 5.41. The molecule has 1 aliphatic rings. The van der Waals surface area contributed by atoms with Crippen LogP contribution in [-0.4, -0.2) is 36.3 Å². The lowest BCUT2D eigenvalue weighted by Crippen LogP contribution is -2.25. The average molecular weight is 265 g/mol. The predicted molar refractivity (Wildman–Crippen MR) is 76.2 cm³/mol. The zero-order chi connectivity index (χ0) is 13.8. The maximum atomic E-state index is 5.55. The van der Waals surface area contributed by atoms with Gasteiger partial charge in [0.25, 0.3) is 0 Å². The first-order valence-corrected chi connectivity index (χ1v) is 6.81. The van der Waals surface area contributed by atoms with Gasteiger partial charge in [0.05, 0.1) is 6.10 Å². The monoisotopic (exact) mass is 265 g/mol. The summed E-state index contributed by atoms with van der Waals surface area (Å²) in [5, 5.41) is 0. The molecular formula is C13H23N5O. The van der Waals surface area contributed by atoms with Crippen molar-refractivity contribution >= 4 is 11.6 Å². The second-order valence-electron chi connectivity index (χ2n) is 4.92. The number of nitrogens with one attached hydrogen (secondary N) is 1. The van der Waals surface area contributed by atoms with Crippen molar-refractivity contribution in [3.8, 4) is 0 Å². The molecule has 2 heterocycles. The van der Waals surface area contributed by atoms with Crippen molar-refractivity contribution in [1.29, 1.82) is 0 Å². The second-order valence-corrected chi connectivity index (χ2v) is 4.92. The topological polar surface area (TPSA) is 76.3 Å². The molecule has 1 fully saturated rings. The number of nitrogens with two attached hydrogens (primary N) is 1. The third-order valence-corrected chi connectivity index (χ3v) is 3.55. The highest BCUT2D eigenvalue weighted by atomic mass is 16.5. The molecule has 1 saturated heterocycles. The van der Waals surface area contributed by atoms with Gasteiger partial charge in [-0.05, 0) is 19.8 Å². The molecule has 0 radical (unpaired) electrons. The quantitative estimate of drug-likeness (QED) is 0.616. The van der Waals surface area contributed by atoms with Crippen LogP contribution in [0.1, 0.15) is 31.2 Å². The summed E-state index contributed by atoms with van der Waals surface area (Å²) >= 11 is 0. The normalized spacial score (nSPS) is 18.9. The van der Waals surface area contributed by atoms with Crippen molar-refractivity contribution in [3.63, 3.8) is 0 Å². The number of hydrogen-bond donors (Lipinski definition) is 2. The number of nitrogens with zero attached hydrogens (tertiary/aromatic N) is 3. The average Bonchev–Trinajstić information content (AvgIpc) is 2.89. The molecule has 6 heteroatoms. The molecule has 0 bridgehead atoms. The molecule has 0 amide bonds. The van der Waals surface area contributed by atoms with Crippen molar-refractivity contribution in [1.82, 2.24) is 9.97 Å². The van der Waals surface area contributed by atoms with Gasteiger partial charge in [-0.3, -0.25) is 0 Å². The number of hydrazine groups is 1. The Kier molecular flexibility index (Phi) is 4.55. The fraction of sp³-hybridized carbons (Fsp3) is 0.692. The van der Waals surface area contributed by atoms with Crippen molar-refractivity contribution in [2.75, 3.05) is 30.5 Å². The van der Waals surface area contributed by atoms with Crippen molar-refractivity contribution < 1.29 is 4.74 Å². The van der Waals surface area contributed by atoms with E-state index in [1.165, 1.54) is 0 Å². The van der Waals surface area contributed by atoms with Crippen LogP contribution in [-0.2, 0) is 11.2 Å². The van der Waals surface area contributed by atoms with E-state index in [1.807, 2.05) is 6.92 Å². The van der Waals surface area contributed by atoms with E-state index in [2.05, 4.69) is 27.2 Å². The smallest absolute Gasteiger partial charge is 0.148 e. The first-order chi connectivity index (χ1) is 9.19. The molecule has 1 aliphatic heterocycles. The molecular weight excluding hydrogens is 242 g/mol. The number of methoxy groups -OCH3 is 1. The molecule has 1 aromatic heterocycles. The maximum absolute atomic E-state index is 5.55. The highest BCUT2D eigenvalue weighted by Gasteiger charge is 2.25. The van der Waals surface area contributed by atoms with E-state index < -0.39 is 0 Å². The van der Waals surface area contributed by atoms with E-state index in [1.54, 1.807) is 7.11 Å². The molecule has 6 nitrogen and oxygen atoms in total. The lowest BCUT2D eigenvalue weighted by atomic mass is 10.2. The van der Waals surface area contributed by atoms with Gasteiger partial charge in [-0.1, -0.05) is 6.92 Å². The van der Waals surface area contributed by atoms with Gasteiger partial charge in [0, 0.05) is 32.2 Å². The van der Waals surface area contributed by atoms with Crippen LogP contribution in [0, 0.1) is 6.92 Å². The summed E-state index contributed by atoms with van der Waals surface area (Å²) in [6, 6.07) is 0. The van der Waals surface area contributed by atoms with Gasteiger partial charge in [-0.2, -0.15) is 0 Å². The van der Waals surface area contributed by atoms with Crippen LogP contribution < -0.4 is 16.2 Å². The van der Waals surface area contributed by atoms with Crippen molar-refractivity contribution in [2.45, 2.75) is 39.2 Å². The van der Waals surface area contributed by atoms with E-state index in [0.29, 0.717) is 11.9 Å². The van der Waals surface area contributed by atoms with Crippen LogP contribution in [0.4, 0.5) is 11.6 Å². The Bertz CT molecular complexity index is 437. The third-order valence-electron chi connectivity index (χ3n) is 3.55. The SMILES string of the molecule is CCCc1nc(NN)c(C)c(N2CCC(OC)C2)n1. The second kappa shape index (κ2) is 6.16. The first kappa shape index (κ1) is 14.0. The van der Waals surface area contributed by atoms with Crippen LogP contribution >= 0.6 is 0 Å². The number of nitrogen functional groups attached to an aromatic ring is 1. The molecule has 2 rings (SSSR count). The van der Waals surface area contributed by atoms with Crippen molar-refractivity contribution in [3.05, 3.63) is 11.4 Å². The molecule has 1 atom stereocenters. The van der Waals surface area contributed by atoms with E-state index >= 15 is 0 Å². The zero-order valence-corrected chi connectivity index (χ0v) is 11.9. The minimum absolute atomic E-state index is 0.290. The van der Waals surface area contributed by atoms with E-state index in [4.69, 9.17) is 10.6 Å². The first-order valence-electron chi connectivity index (χ1n) is 6.81. The molecule has 19 heavy (non-hydrogen) atoms. The number of aryl methyl sites for hydroxylation is 1. The van der Waals surface area contributed by atoms with E-state index in [0.717, 1.165) is 49.6 Å². The Balaban J connectivity index is 2.30. The van der Waals surface area contributed by atoms with E-state index in [9.17, 15) is 0 Å². The number of aromatic nitrogens is 2. The van der Waals surface area contributed by atoms with Crippen LogP contribution in [0.2, 0.25) is 0 Å². The van der Waals surface area contributed by atoms with Crippen LogP contribution in [0.3, 0.4) is 0 Å². The number of ether oxygens (including phenoxy) is 1. The number of hydrogen-bond acceptors (Lipinski definition) is 6. The molecule has 3 N–H and O–H groups in total. The highest BCUT2D eigenvalue weighted by Crippen LogP contribution is 2.27. The van der Waals surface area contributed by atoms with Gasteiger partial charge in [-0.25, -0.2) is 15.8 Å². The lowest BCUT2D eigenvalue weighted by Gasteiger charge is -2.21. The van der Waals surface area contributed by atoms with Crippen molar-refractivity contribution in [2.24, 2.45) is 5.84 Å². The summed E-state index contributed by atoms with van der Waals surface area (Å²) in [6.45, 7) is 5.96. The lowest BCUT2D eigenvalue weighted by molar-refractivity contribution is 0.121. The summed E-state index contributed by atoms with van der Waals surface area (Å²) in [5.74, 6) is 8.09. The highest BCUT2D eigenvalue weighted by molar-refractivity contribution is 5.58. The van der Waals surface area contributed by atoms with Crippen LogP contribution in [0.15, 0.2) is 0 Å². The maximum Gasteiger partial charge on any atom is 0.148 e. The Hall–Kier alpha value is -1.40. The largest absolute Gasteiger partial charge is 0.380 e. The van der Waals surface area contributed by atoms with Crippen LogP contribution in [0.5, 0.6) is 0 Å². The molecule has 0 aromatic carbocycles. The Morgan fingerprint density at radius 2 is 2.26 bits per heavy atom. The summed E-state index contributed by atoms with van der Waals surface area (Å²) in [7, 11) is 1.76. The molecule has 106 valence electrons. The Labute approximate surface area is 114 Å². The molecule has 1 unspecified atom stereocenters. The van der Waals surface area contributed by atoms with E-state index in [-0.39, 0.29) is 0 Å². The molecule has 1 aromatic rings. The van der Waals surface area contributed by atoms with Gasteiger partial charge in [-0.15, -0.1) is 0 Å². The minimum Gasteiger partial charge on any atom is -0.380 e. The van der Waals surface area contributed by atoms with Gasteiger partial charge < -0.3 is 15.1 Å². The third kappa shape index (κ3) is 2.96. The fourth-order valence-corrected chi connectivity index (χ4v) is 2.45. The minimum atomic E-state index is 0.290.